The Labute approximate surface area is 76.6 Å². The van der Waals surface area contributed by atoms with E-state index >= 15 is 0 Å². The molecule has 0 heterocycles. The quantitative estimate of drug-likeness (QED) is 0.474. The molecule has 0 aromatic carbocycles. The van der Waals surface area contributed by atoms with E-state index in [2.05, 4.69) is 44.8 Å². The first kappa shape index (κ1) is 11.4. The Morgan fingerprint density at radius 2 is 2.08 bits per heavy atom. The van der Waals surface area contributed by atoms with Gasteiger partial charge in [-0.15, -0.1) is 0 Å². The summed E-state index contributed by atoms with van der Waals surface area (Å²) in [6.07, 6.45) is 6.53. The molecule has 0 atom stereocenters. The molecule has 0 unspecified atom stereocenters. The fraction of sp³-hybridized carbons (Fsp3) is 0.636. The van der Waals surface area contributed by atoms with Crippen LogP contribution in [-0.2, 0) is 0 Å². The maximum absolute atomic E-state index is 3.83. The summed E-state index contributed by atoms with van der Waals surface area (Å²) in [6, 6.07) is 0.597. The second-order valence-corrected chi connectivity index (χ2v) is 3.53. The molecule has 0 aromatic rings. The van der Waals surface area contributed by atoms with Gasteiger partial charge in [0.25, 0.3) is 0 Å². The second kappa shape index (κ2) is 7.11. The first-order valence-corrected chi connectivity index (χ1v) is 4.65. The Balaban J connectivity index is 3.19. The summed E-state index contributed by atoms with van der Waals surface area (Å²) >= 11 is 0. The van der Waals surface area contributed by atoms with Gasteiger partial charge in [0, 0.05) is 6.04 Å². The third-order valence-electron chi connectivity index (χ3n) is 1.50. The van der Waals surface area contributed by atoms with Crippen LogP contribution in [0.5, 0.6) is 0 Å². The van der Waals surface area contributed by atoms with E-state index in [0.717, 1.165) is 19.4 Å². The van der Waals surface area contributed by atoms with Gasteiger partial charge in [0.2, 0.25) is 0 Å². The van der Waals surface area contributed by atoms with Gasteiger partial charge in [-0.1, -0.05) is 38.2 Å². The van der Waals surface area contributed by atoms with Crippen molar-refractivity contribution < 1.29 is 0 Å². The van der Waals surface area contributed by atoms with Crippen LogP contribution in [-0.4, -0.2) is 12.6 Å². The van der Waals surface area contributed by atoms with Crippen LogP contribution in [0.1, 0.15) is 33.6 Å². The zero-order valence-corrected chi connectivity index (χ0v) is 8.56. The largest absolute Gasteiger partial charge is 0.314 e. The lowest BCUT2D eigenvalue weighted by atomic mass is 10.2. The van der Waals surface area contributed by atoms with Crippen LogP contribution in [0, 0.1) is 0 Å². The Morgan fingerprint density at radius 3 is 2.58 bits per heavy atom. The summed E-state index contributed by atoms with van der Waals surface area (Å²) in [6.45, 7) is 11.3. The number of hydrogen-bond donors (Lipinski definition) is 1. The molecule has 0 aromatic heterocycles. The van der Waals surface area contributed by atoms with Crippen molar-refractivity contribution >= 4 is 0 Å². The topological polar surface area (TPSA) is 12.0 Å². The zero-order chi connectivity index (χ0) is 9.40. The monoisotopic (exact) mass is 167 g/mol. The second-order valence-electron chi connectivity index (χ2n) is 3.53. The number of allylic oxidation sites excluding steroid dienone is 2. The maximum atomic E-state index is 3.83. The van der Waals surface area contributed by atoms with Crippen LogP contribution >= 0.6 is 0 Å². The molecule has 0 bridgehead atoms. The van der Waals surface area contributed by atoms with Crippen LogP contribution < -0.4 is 5.32 Å². The minimum atomic E-state index is 0.597. The maximum Gasteiger partial charge on any atom is 0.00105 e. The molecule has 0 spiro atoms. The highest BCUT2D eigenvalue weighted by atomic mass is 14.9. The van der Waals surface area contributed by atoms with Crippen molar-refractivity contribution in [3.05, 3.63) is 24.3 Å². The molecule has 12 heavy (non-hydrogen) atoms. The van der Waals surface area contributed by atoms with Crippen molar-refractivity contribution in [1.29, 1.82) is 0 Å². The Morgan fingerprint density at radius 1 is 1.42 bits per heavy atom. The highest BCUT2D eigenvalue weighted by Crippen LogP contribution is 1.96. The van der Waals surface area contributed by atoms with Gasteiger partial charge in [0.05, 0.1) is 0 Å². The van der Waals surface area contributed by atoms with Gasteiger partial charge in [-0.05, 0) is 26.3 Å². The van der Waals surface area contributed by atoms with E-state index < -0.39 is 0 Å². The minimum absolute atomic E-state index is 0.597. The van der Waals surface area contributed by atoms with Gasteiger partial charge < -0.3 is 5.32 Å². The first-order chi connectivity index (χ1) is 5.63. The molecule has 0 rings (SSSR count). The van der Waals surface area contributed by atoms with Gasteiger partial charge in [-0.3, -0.25) is 0 Å². The van der Waals surface area contributed by atoms with Crippen LogP contribution in [0.4, 0.5) is 0 Å². The van der Waals surface area contributed by atoms with Crippen LogP contribution in [0.15, 0.2) is 24.3 Å². The van der Waals surface area contributed by atoms with Crippen LogP contribution in [0.25, 0.3) is 0 Å². The average Bonchev–Trinajstić information content (AvgIpc) is 1.95. The van der Waals surface area contributed by atoms with Crippen molar-refractivity contribution in [3.8, 4) is 0 Å². The first-order valence-electron chi connectivity index (χ1n) is 4.65. The summed E-state index contributed by atoms with van der Waals surface area (Å²) in [5.41, 5.74) is 1.23. The fourth-order valence-electron chi connectivity index (χ4n) is 0.858. The Bertz CT molecular complexity index is 145. The van der Waals surface area contributed by atoms with Crippen molar-refractivity contribution in [1.82, 2.24) is 5.32 Å². The van der Waals surface area contributed by atoms with Gasteiger partial charge in [0.15, 0.2) is 0 Å². The van der Waals surface area contributed by atoms with Gasteiger partial charge in [0.1, 0.15) is 0 Å². The van der Waals surface area contributed by atoms with Gasteiger partial charge >= 0.3 is 0 Å². The van der Waals surface area contributed by atoms with E-state index in [-0.39, 0.29) is 0 Å². The van der Waals surface area contributed by atoms with Crippen LogP contribution in [0.3, 0.4) is 0 Å². The third-order valence-corrected chi connectivity index (χ3v) is 1.50. The normalized spacial score (nSPS) is 11.3. The van der Waals surface area contributed by atoms with Crippen molar-refractivity contribution in [2.75, 3.05) is 6.54 Å². The van der Waals surface area contributed by atoms with Crippen molar-refractivity contribution in [3.63, 3.8) is 0 Å². The smallest absolute Gasteiger partial charge is 0.00105 e. The SMILES string of the molecule is C=C(C)CC=CCCNC(C)C. The molecular formula is C11H21N. The number of hydrogen-bond acceptors (Lipinski definition) is 1. The molecule has 0 radical (unpaired) electrons. The molecule has 70 valence electrons. The lowest BCUT2D eigenvalue weighted by Gasteiger charge is -2.04. The van der Waals surface area contributed by atoms with Crippen molar-refractivity contribution in [2.24, 2.45) is 0 Å². The van der Waals surface area contributed by atoms with Gasteiger partial charge in [-0.2, -0.15) is 0 Å². The summed E-state index contributed by atoms with van der Waals surface area (Å²) in [7, 11) is 0. The standard InChI is InChI=1S/C11H21N/c1-10(2)8-6-5-7-9-12-11(3)4/h5-6,11-12H,1,7-9H2,2-4H3. The fourth-order valence-corrected chi connectivity index (χ4v) is 0.858. The number of nitrogens with one attached hydrogen (secondary N) is 1. The lowest BCUT2D eigenvalue weighted by molar-refractivity contribution is 0.594. The summed E-state index contributed by atoms with van der Waals surface area (Å²) < 4.78 is 0. The lowest BCUT2D eigenvalue weighted by Crippen LogP contribution is -2.23. The molecule has 1 heteroatoms. The highest BCUT2D eigenvalue weighted by Gasteiger charge is 1.87. The molecule has 1 nitrogen and oxygen atoms in total. The predicted molar refractivity (Wildman–Crippen MR) is 56.3 cm³/mol. The molecule has 0 aliphatic heterocycles. The Hall–Kier alpha value is -0.560. The molecule has 1 N–H and O–H groups in total. The molecule has 0 saturated heterocycles. The van der Waals surface area contributed by atoms with E-state index in [4.69, 9.17) is 0 Å². The number of rotatable bonds is 6. The van der Waals surface area contributed by atoms with E-state index in [9.17, 15) is 0 Å². The van der Waals surface area contributed by atoms with Gasteiger partial charge in [-0.25, -0.2) is 0 Å². The molecule has 0 amide bonds. The molecule has 0 aliphatic carbocycles. The Kier molecular flexibility index (Phi) is 6.78. The zero-order valence-electron chi connectivity index (χ0n) is 8.56. The molecule has 0 aliphatic rings. The highest BCUT2D eigenvalue weighted by molar-refractivity contribution is 4.98. The summed E-state index contributed by atoms with van der Waals surface area (Å²) in [5, 5.41) is 3.36. The van der Waals surface area contributed by atoms with E-state index in [0.29, 0.717) is 6.04 Å². The van der Waals surface area contributed by atoms with E-state index in [1.165, 1.54) is 5.57 Å². The average molecular weight is 167 g/mol. The minimum Gasteiger partial charge on any atom is -0.314 e. The third kappa shape index (κ3) is 9.44. The molecular weight excluding hydrogens is 146 g/mol. The van der Waals surface area contributed by atoms with Crippen LogP contribution in [0.2, 0.25) is 0 Å². The van der Waals surface area contributed by atoms with E-state index in [1.807, 2.05) is 0 Å². The predicted octanol–water partition coefficient (Wildman–Crippen LogP) is 2.90. The molecule has 0 fully saturated rings. The summed E-state index contributed by atoms with van der Waals surface area (Å²) in [4.78, 5) is 0. The van der Waals surface area contributed by atoms with E-state index in [1.54, 1.807) is 0 Å². The summed E-state index contributed by atoms with van der Waals surface area (Å²) in [5.74, 6) is 0. The molecule has 0 saturated carbocycles. The van der Waals surface area contributed by atoms with Crippen molar-refractivity contribution in [2.45, 2.75) is 39.7 Å².